The maximum Gasteiger partial charge on any atom is 0.373 e. The third kappa shape index (κ3) is 5.09. The summed E-state index contributed by atoms with van der Waals surface area (Å²) in [7, 11) is -0.945. The average molecular weight is 334 g/mol. The first-order valence-electron chi connectivity index (χ1n) is 6.86. The first kappa shape index (κ1) is 18.6. The minimum absolute atomic E-state index is 0.0349. The van der Waals surface area contributed by atoms with Crippen molar-refractivity contribution in [1.29, 1.82) is 0 Å². The molecule has 0 spiro atoms. The number of sulfonamides is 1. The van der Waals surface area contributed by atoms with Gasteiger partial charge in [-0.1, -0.05) is 6.92 Å². The second kappa shape index (κ2) is 8.89. The molecule has 0 saturated heterocycles. The lowest BCUT2D eigenvalue weighted by Gasteiger charge is -2.07. The largest absolute Gasteiger partial charge is 0.463 e. The Bertz CT molecular complexity index is 581. The van der Waals surface area contributed by atoms with Gasteiger partial charge in [0, 0.05) is 39.2 Å². The van der Waals surface area contributed by atoms with E-state index in [9.17, 15) is 13.2 Å². The highest BCUT2D eigenvalue weighted by Crippen LogP contribution is 2.21. The van der Waals surface area contributed by atoms with Gasteiger partial charge in [0.05, 0.1) is 13.7 Å². The molecule has 1 aromatic heterocycles. The highest BCUT2D eigenvalue weighted by Gasteiger charge is 2.25. The van der Waals surface area contributed by atoms with Crippen molar-refractivity contribution in [2.75, 3.05) is 40.5 Å². The summed E-state index contributed by atoms with van der Waals surface area (Å²) >= 11 is 0. The van der Waals surface area contributed by atoms with E-state index in [1.165, 1.54) is 13.2 Å². The molecular formula is C13H22N2O6S. The van der Waals surface area contributed by atoms with E-state index in [4.69, 9.17) is 9.15 Å². The molecule has 9 heteroatoms. The molecule has 0 aliphatic heterocycles. The summed E-state index contributed by atoms with van der Waals surface area (Å²) in [6.07, 6.45) is 0.347. The lowest BCUT2D eigenvalue weighted by Crippen LogP contribution is -2.33. The number of ether oxygens (including phenoxy) is 2. The van der Waals surface area contributed by atoms with Crippen molar-refractivity contribution >= 4 is 16.0 Å². The van der Waals surface area contributed by atoms with Gasteiger partial charge in [0.2, 0.25) is 15.8 Å². The van der Waals surface area contributed by atoms with Crippen molar-refractivity contribution in [2.45, 2.75) is 18.2 Å². The highest BCUT2D eigenvalue weighted by molar-refractivity contribution is 7.89. The molecule has 0 aliphatic carbocycles. The first-order valence-corrected chi connectivity index (χ1v) is 8.35. The third-order valence-corrected chi connectivity index (χ3v) is 4.35. The van der Waals surface area contributed by atoms with Gasteiger partial charge in [-0.2, -0.15) is 0 Å². The van der Waals surface area contributed by atoms with E-state index in [1.54, 1.807) is 14.0 Å². The maximum atomic E-state index is 12.2. The standard InChI is InChI=1S/C13H22N2O6S/c1-4-10-12(9-11(21-10)13(16)20-3)22(17,18)15-6-5-14-7-8-19-2/h9,14-15H,4-8H2,1-3H3. The van der Waals surface area contributed by atoms with Crippen LogP contribution in [0, 0.1) is 0 Å². The fourth-order valence-corrected chi connectivity index (χ4v) is 3.01. The van der Waals surface area contributed by atoms with E-state index in [-0.39, 0.29) is 23.0 Å². The van der Waals surface area contributed by atoms with Crippen LogP contribution in [0.2, 0.25) is 0 Å². The van der Waals surface area contributed by atoms with Crippen LogP contribution in [0.15, 0.2) is 15.4 Å². The molecule has 0 atom stereocenters. The molecule has 1 heterocycles. The van der Waals surface area contributed by atoms with Crippen molar-refractivity contribution < 1.29 is 27.1 Å². The summed E-state index contributed by atoms with van der Waals surface area (Å²) in [6, 6.07) is 1.19. The number of rotatable bonds is 10. The van der Waals surface area contributed by atoms with E-state index in [1.807, 2.05) is 0 Å². The van der Waals surface area contributed by atoms with E-state index >= 15 is 0 Å². The number of esters is 1. The van der Waals surface area contributed by atoms with Gasteiger partial charge in [0.1, 0.15) is 10.7 Å². The van der Waals surface area contributed by atoms with E-state index in [2.05, 4.69) is 14.8 Å². The number of methoxy groups -OCH3 is 2. The fourth-order valence-electron chi connectivity index (χ4n) is 1.74. The zero-order valence-corrected chi connectivity index (χ0v) is 13.8. The Hall–Kier alpha value is -1.42. The van der Waals surface area contributed by atoms with Crippen LogP contribution >= 0.6 is 0 Å². The molecule has 0 unspecified atom stereocenters. The van der Waals surface area contributed by atoms with E-state index < -0.39 is 16.0 Å². The predicted molar refractivity (Wildman–Crippen MR) is 79.4 cm³/mol. The normalized spacial score (nSPS) is 11.6. The van der Waals surface area contributed by atoms with Gasteiger partial charge in [0.25, 0.3) is 0 Å². The molecule has 8 nitrogen and oxygen atoms in total. The molecule has 0 saturated carbocycles. The van der Waals surface area contributed by atoms with Gasteiger partial charge >= 0.3 is 5.97 Å². The number of furan rings is 1. The van der Waals surface area contributed by atoms with E-state index in [0.29, 0.717) is 26.1 Å². The second-order valence-electron chi connectivity index (χ2n) is 4.38. The lowest BCUT2D eigenvalue weighted by molar-refractivity contribution is 0.0563. The zero-order valence-electron chi connectivity index (χ0n) is 13.0. The lowest BCUT2D eigenvalue weighted by atomic mass is 10.3. The smallest absolute Gasteiger partial charge is 0.373 e. The highest BCUT2D eigenvalue weighted by atomic mass is 32.2. The van der Waals surface area contributed by atoms with Crippen LogP contribution in [-0.2, 0) is 25.9 Å². The maximum absolute atomic E-state index is 12.2. The summed E-state index contributed by atoms with van der Waals surface area (Å²) < 4.78 is 41.6. The molecule has 0 aliphatic rings. The van der Waals surface area contributed by atoms with Gasteiger partial charge in [-0.15, -0.1) is 0 Å². The number of carbonyl (C=O) groups excluding carboxylic acids is 1. The molecular weight excluding hydrogens is 312 g/mol. The van der Waals surface area contributed by atoms with Gasteiger partial charge in [-0.25, -0.2) is 17.9 Å². The van der Waals surface area contributed by atoms with Crippen LogP contribution in [0.1, 0.15) is 23.2 Å². The molecule has 126 valence electrons. The SMILES string of the molecule is CCc1oc(C(=O)OC)cc1S(=O)(=O)NCCNCCOC. The van der Waals surface area contributed by atoms with Crippen molar-refractivity contribution in [3.8, 4) is 0 Å². The number of nitrogens with one attached hydrogen (secondary N) is 2. The van der Waals surface area contributed by atoms with Crippen LogP contribution in [0.25, 0.3) is 0 Å². The van der Waals surface area contributed by atoms with Gasteiger partial charge in [-0.05, 0) is 0 Å². The molecule has 0 fully saturated rings. The van der Waals surface area contributed by atoms with Gasteiger partial charge in [0.15, 0.2) is 0 Å². The van der Waals surface area contributed by atoms with Crippen LogP contribution < -0.4 is 10.0 Å². The topological polar surface area (TPSA) is 107 Å². The summed E-state index contributed by atoms with van der Waals surface area (Å²) in [5.74, 6) is -0.615. The average Bonchev–Trinajstić information content (AvgIpc) is 2.95. The first-order chi connectivity index (χ1) is 10.5. The van der Waals surface area contributed by atoms with Crippen molar-refractivity contribution in [1.82, 2.24) is 10.0 Å². The van der Waals surface area contributed by atoms with Crippen LogP contribution in [0.4, 0.5) is 0 Å². The Labute approximate surface area is 130 Å². The monoisotopic (exact) mass is 334 g/mol. The molecule has 0 amide bonds. The zero-order chi connectivity index (χ0) is 16.6. The van der Waals surface area contributed by atoms with Crippen molar-refractivity contribution in [3.05, 3.63) is 17.6 Å². The molecule has 1 aromatic rings. The third-order valence-electron chi connectivity index (χ3n) is 2.84. The number of aryl methyl sites for hydroxylation is 1. The van der Waals surface area contributed by atoms with E-state index in [0.717, 1.165) is 0 Å². The summed E-state index contributed by atoms with van der Waals surface area (Å²) in [5, 5.41) is 3.02. The molecule has 0 radical (unpaired) electrons. The molecule has 22 heavy (non-hydrogen) atoms. The minimum atomic E-state index is -3.74. The van der Waals surface area contributed by atoms with Crippen LogP contribution in [-0.4, -0.2) is 54.8 Å². The Morgan fingerprint density at radius 2 is 2.00 bits per heavy atom. The Balaban J connectivity index is 2.71. The Kier molecular flexibility index (Phi) is 7.52. The van der Waals surface area contributed by atoms with Gasteiger partial charge in [-0.3, -0.25) is 0 Å². The second-order valence-corrected chi connectivity index (χ2v) is 6.12. The Morgan fingerprint density at radius 3 is 2.59 bits per heavy atom. The summed E-state index contributed by atoms with van der Waals surface area (Å²) in [4.78, 5) is 11.4. The molecule has 0 bridgehead atoms. The fraction of sp³-hybridized carbons (Fsp3) is 0.615. The number of hydrogen-bond acceptors (Lipinski definition) is 7. The van der Waals surface area contributed by atoms with Crippen LogP contribution in [0.5, 0.6) is 0 Å². The van der Waals surface area contributed by atoms with Crippen LogP contribution in [0.3, 0.4) is 0 Å². The number of carbonyl (C=O) groups is 1. The summed E-state index contributed by atoms with van der Waals surface area (Å²) in [6.45, 7) is 3.61. The molecule has 1 rings (SSSR count). The summed E-state index contributed by atoms with van der Waals surface area (Å²) in [5.41, 5.74) is 0. The Morgan fingerprint density at radius 1 is 1.27 bits per heavy atom. The van der Waals surface area contributed by atoms with Gasteiger partial charge < -0.3 is 19.2 Å². The van der Waals surface area contributed by atoms with Crippen molar-refractivity contribution in [2.24, 2.45) is 0 Å². The predicted octanol–water partition coefficient (Wildman–Crippen LogP) is 0.143. The molecule has 0 aromatic carbocycles. The molecule has 2 N–H and O–H groups in total. The quantitative estimate of drug-likeness (QED) is 0.463. The number of hydrogen-bond donors (Lipinski definition) is 2. The minimum Gasteiger partial charge on any atom is -0.463 e. The van der Waals surface area contributed by atoms with Crippen molar-refractivity contribution in [3.63, 3.8) is 0 Å².